The summed E-state index contributed by atoms with van der Waals surface area (Å²) < 4.78 is 8.85. The fourth-order valence-electron chi connectivity index (χ4n) is 6.36. The number of nitrogens with zero attached hydrogens (tertiary/aromatic N) is 1. The molecule has 3 heteroatoms. The SMILES string of the molecule is c1ccc(-c2ccc(N(c3ccc4cc5c(cc4c3)oc3ccccc35)c3cccc4c3sc3ccccc34)cc2)cc1. The third-order valence-electron chi connectivity index (χ3n) is 8.43. The minimum Gasteiger partial charge on any atom is -0.456 e. The van der Waals surface area contributed by atoms with Crippen molar-refractivity contribution in [2.45, 2.75) is 0 Å². The van der Waals surface area contributed by atoms with Gasteiger partial charge in [0.25, 0.3) is 0 Å². The molecule has 2 nitrogen and oxygen atoms in total. The molecule has 0 spiro atoms. The lowest BCUT2D eigenvalue weighted by atomic mass is 10.0. The Bertz CT molecular complexity index is 2450. The van der Waals surface area contributed by atoms with Gasteiger partial charge in [0.1, 0.15) is 11.2 Å². The van der Waals surface area contributed by atoms with Crippen LogP contribution in [0.5, 0.6) is 0 Å². The van der Waals surface area contributed by atoms with Crippen molar-refractivity contribution in [3.63, 3.8) is 0 Å². The Labute approximate surface area is 252 Å². The summed E-state index contributed by atoms with van der Waals surface area (Å²) in [6.45, 7) is 0. The predicted octanol–water partition coefficient (Wildman–Crippen LogP) is 12.2. The second-order valence-electron chi connectivity index (χ2n) is 11.0. The van der Waals surface area contributed by atoms with Gasteiger partial charge < -0.3 is 9.32 Å². The van der Waals surface area contributed by atoms with Crippen molar-refractivity contribution in [1.82, 2.24) is 0 Å². The van der Waals surface area contributed by atoms with Gasteiger partial charge >= 0.3 is 0 Å². The summed E-state index contributed by atoms with van der Waals surface area (Å²) in [5.74, 6) is 0. The van der Waals surface area contributed by atoms with Gasteiger partial charge in [-0.3, -0.25) is 0 Å². The molecule has 202 valence electrons. The summed E-state index contributed by atoms with van der Waals surface area (Å²) in [7, 11) is 0. The van der Waals surface area contributed by atoms with E-state index in [1.807, 2.05) is 23.5 Å². The summed E-state index contributed by atoms with van der Waals surface area (Å²) in [6.07, 6.45) is 0. The van der Waals surface area contributed by atoms with E-state index in [-0.39, 0.29) is 0 Å². The van der Waals surface area contributed by atoms with E-state index in [1.54, 1.807) is 0 Å². The highest BCUT2D eigenvalue weighted by atomic mass is 32.1. The molecule has 9 rings (SSSR count). The van der Waals surface area contributed by atoms with E-state index in [1.165, 1.54) is 42.4 Å². The quantitative estimate of drug-likeness (QED) is 0.210. The number of thiophene rings is 1. The topological polar surface area (TPSA) is 16.4 Å². The van der Waals surface area contributed by atoms with E-state index in [0.717, 1.165) is 38.7 Å². The molecule has 0 aliphatic carbocycles. The van der Waals surface area contributed by atoms with Crippen molar-refractivity contribution in [2.24, 2.45) is 0 Å². The highest BCUT2D eigenvalue weighted by Crippen LogP contribution is 2.45. The third-order valence-corrected chi connectivity index (χ3v) is 9.64. The number of anilines is 3. The molecular weight excluding hydrogens is 543 g/mol. The number of rotatable bonds is 4. The molecule has 0 amide bonds. The average Bonchev–Trinajstić information content (AvgIpc) is 3.63. The van der Waals surface area contributed by atoms with Crippen molar-refractivity contribution < 1.29 is 4.42 Å². The van der Waals surface area contributed by atoms with Crippen LogP contribution in [-0.4, -0.2) is 0 Å². The molecule has 0 atom stereocenters. The molecule has 0 saturated heterocycles. The van der Waals surface area contributed by atoms with E-state index in [0.29, 0.717) is 0 Å². The van der Waals surface area contributed by atoms with Crippen LogP contribution in [0.2, 0.25) is 0 Å². The number of benzene rings is 7. The zero-order valence-corrected chi connectivity index (χ0v) is 24.0. The molecule has 0 saturated carbocycles. The first kappa shape index (κ1) is 24.2. The summed E-state index contributed by atoms with van der Waals surface area (Å²) >= 11 is 1.86. The zero-order chi connectivity index (χ0) is 28.3. The fourth-order valence-corrected chi connectivity index (χ4v) is 7.57. The monoisotopic (exact) mass is 567 g/mol. The Morgan fingerprint density at radius 2 is 1.16 bits per heavy atom. The minimum atomic E-state index is 0.913. The summed E-state index contributed by atoms with van der Waals surface area (Å²) in [6, 6.07) is 54.3. The molecule has 0 N–H and O–H groups in total. The average molecular weight is 568 g/mol. The molecule has 0 bridgehead atoms. The van der Waals surface area contributed by atoms with Gasteiger partial charge in [0.15, 0.2) is 0 Å². The number of para-hydroxylation sites is 1. The van der Waals surface area contributed by atoms with E-state index in [4.69, 9.17) is 4.42 Å². The van der Waals surface area contributed by atoms with E-state index in [9.17, 15) is 0 Å². The first-order valence-electron chi connectivity index (χ1n) is 14.5. The van der Waals surface area contributed by atoms with Gasteiger partial charge in [-0.05, 0) is 76.5 Å². The first-order valence-corrected chi connectivity index (χ1v) is 15.3. The molecule has 0 fully saturated rings. The van der Waals surface area contributed by atoms with Crippen LogP contribution in [0.1, 0.15) is 0 Å². The highest BCUT2D eigenvalue weighted by molar-refractivity contribution is 7.26. The second kappa shape index (κ2) is 9.59. The smallest absolute Gasteiger partial charge is 0.136 e. The molecule has 0 aliphatic rings. The van der Waals surface area contributed by atoms with Crippen LogP contribution in [0.25, 0.3) is 64.0 Å². The fraction of sp³-hybridized carbons (Fsp3) is 0. The van der Waals surface area contributed by atoms with Gasteiger partial charge in [-0.1, -0.05) is 97.1 Å². The summed E-state index contributed by atoms with van der Waals surface area (Å²) in [5.41, 5.74) is 7.66. The van der Waals surface area contributed by atoms with E-state index < -0.39 is 0 Å². The van der Waals surface area contributed by atoms with Crippen LogP contribution in [0.3, 0.4) is 0 Å². The van der Waals surface area contributed by atoms with Crippen LogP contribution in [0.15, 0.2) is 156 Å². The first-order chi connectivity index (χ1) is 21.3. The molecule has 2 aromatic heterocycles. The Morgan fingerprint density at radius 3 is 2.05 bits per heavy atom. The molecule has 0 aliphatic heterocycles. The van der Waals surface area contributed by atoms with Crippen LogP contribution in [0, 0.1) is 0 Å². The van der Waals surface area contributed by atoms with E-state index in [2.05, 4.69) is 144 Å². The van der Waals surface area contributed by atoms with Crippen molar-refractivity contribution in [2.75, 3.05) is 4.90 Å². The van der Waals surface area contributed by atoms with Gasteiger partial charge in [0, 0.05) is 37.6 Å². The maximum atomic E-state index is 6.26. The highest BCUT2D eigenvalue weighted by Gasteiger charge is 2.19. The van der Waals surface area contributed by atoms with Crippen LogP contribution in [0.4, 0.5) is 17.1 Å². The summed E-state index contributed by atoms with van der Waals surface area (Å²) in [5, 5.41) is 7.24. The van der Waals surface area contributed by atoms with Crippen LogP contribution < -0.4 is 4.90 Å². The minimum absolute atomic E-state index is 0.913. The van der Waals surface area contributed by atoms with Crippen LogP contribution >= 0.6 is 11.3 Å². The lowest BCUT2D eigenvalue weighted by molar-refractivity contribution is 0.669. The van der Waals surface area contributed by atoms with Crippen molar-refractivity contribution in [3.05, 3.63) is 152 Å². The molecule has 7 aromatic carbocycles. The number of fused-ring (bicyclic) bond motifs is 7. The molecule has 9 aromatic rings. The normalized spacial score (nSPS) is 11.7. The van der Waals surface area contributed by atoms with Crippen molar-refractivity contribution in [1.29, 1.82) is 0 Å². The Balaban J connectivity index is 1.26. The van der Waals surface area contributed by atoms with Gasteiger partial charge in [0.2, 0.25) is 0 Å². The van der Waals surface area contributed by atoms with E-state index >= 15 is 0 Å². The largest absolute Gasteiger partial charge is 0.456 e. The van der Waals surface area contributed by atoms with Gasteiger partial charge in [-0.25, -0.2) is 0 Å². The Hall–Kier alpha value is -5.38. The molecule has 43 heavy (non-hydrogen) atoms. The molecular formula is C40H25NOS. The molecule has 0 unspecified atom stereocenters. The van der Waals surface area contributed by atoms with Crippen LogP contribution in [-0.2, 0) is 0 Å². The Morgan fingerprint density at radius 1 is 0.442 bits per heavy atom. The second-order valence-corrected chi connectivity index (χ2v) is 12.0. The standard InChI is InChI=1S/C40H25NOS/c1-2-9-26(10-3-1)27-17-20-30(21-18-27)41(36-14-8-13-34-33-12-5-7-16-39(33)43-40(34)36)31-22-19-28-24-35-32-11-4-6-15-37(32)42-38(35)25-29(28)23-31/h1-25H. The maximum Gasteiger partial charge on any atom is 0.136 e. The van der Waals surface area contributed by atoms with Crippen molar-refractivity contribution >= 4 is 81.3 Å². The number of furan rings is 1. The third kappa shape index (κ3) is 3.93. The lowest BCUT2D eigenvalue weighted by Crippen LogP contribution is -2.10. The Kier molecular flexibility index (Phi) is 5.40. The summed E-state index contributed by atoms with van der Waals surface area (Å²) in [4.78, 5) is 2.40. The number of hydrogen-bond donors (Lipinski definition) is 0. The predicted molar refractivity (Wildman–Crippen MR) is 184 cm³/mol. The molecule has 0 radical (unpaired) electrons. The lowest BCUT2D eigenvalue weighted by Gasteiger charge is -2.26. The zero-order valence-electron chi connectivity index (χ0n) is 23.2. The van der Waals surface area contributed by atoms with Gasteiger partial charge in [-0.2, -0.15) is 0 Å². The molecule has 2 heterocycles. The maximum absolute atomic E-state index is 6.26. The number of hydrogen-bond acceptors (Lipinski definition) is 3. The van der Waals surface area contributed by atoms with Gasteiger partial charge in [-0.15, -0.1) is 11.3 Å². The van der Waals surface area contributed by atoms with Crippen molar-refractivity contribution in [3.8, 4) is 11.1 Å². The van der Waals surface area contributed by atoms with Gasteiger partial charge in [0.05, 0.1) is 10.4 Å².